The molecule has 2 amide bonds. The Kier molecular flexibility index (Phi) is 4.86. The van der Waals surface area contributed by atoms with Crippen LogP contribution in [0.25, 0.3) is 0 Å². The van der Waals surface area contributed by atoms with Crippen LogP contribution in [-0.2, 0) is 9.53 Å². The van der Waals surface area contributed by atoms with Gasteiger partial charge in [0.2, 0.25) is 0 Å². The molecule has 0 aromatic carbocycles. The Morgan fingerprint density at radius 3 is 2.65 bits per heavy atom. The zero-order chi connectivity index (χ0) is 14.7. The number of nitrogens with zero attached hydrogens (tertiary/aromatic N) is 2. The van der Waals surface area contributed by atoms with E-state index in [9.17, 15) is 14.7 Å². The highest BCUT2D eigenvalue weighted by Gasteiger charge is 2.42. The summed E-state index contributed by atoms with van der Waals surface area (Å²) in [5.74, 6) is -0.942. The SMILES string of the molecule is CCC1CCCCN1C(=O)N1CC(OC)CC1C(=O)O. The molecule has 2 rings (SSSR count). The van der Waals surface area contributed by atoms with Crippen molar-refractivity contribution in [1.29, 1.82) is 0 Å². The highest BCUT2D eigenvalue weighted by atomic mass is 16.5. The number of ether oxygens (including phenoxy) is 1. The highest BCUT2D eigenvalue weighted by molar-refractivity contribution is 5.83. The number of hydrogen-bond donors (Lipinski definition) is 1. The lowest BCUT2D eigenvalue weighted by Gasteiger charge is -2.38. The molecule has 2 aliphatic heterocycles. The zero-order valence-electron chi connectivity index (χ0n) is 12.2. The molecule has 6 heteroatoms. The average Bonchev–Trinajstić information content (AvgIpc) is 2.91. The summed E-state index contributed by atoms with van der Waals surface area (Å²) in [7, 11) is 1.56. The van der Waals surface area contributed by atoms with Crippen molar-refractivity contribution in [3.63, 3.8) is 0 Å². The summed E-state index contributed by atoms with van der Waals surface area (Å²) in [5, 5.41) is 9.30. The molecule has 0 aromatic heterocycles. The third kappa shape index (κ3) is 2.90. The molecule has 114 valence electrons. The van der Waals surface area contributed by atoms with Crippen molar-refractivity contribution in [1.82, 2.24) is 9.80 Å². The van der Waals surface area contributed by atoms with Crippen LogP contribution in [-0.4, -0.2) is 65.3 Å². The van der Waals surface area contributed by atoms with Gasteiger partial charge in [0, 0.05) is 32.7 Å². The second-order valence-electron chi connectivity index (χ2n) is 5.63. The largest absolute Gasteiger partial charge is 0.480 e. The van der Waals surface area contributed by atoms with Crippen LogP contribution < -0.4 is 0 Å². The fourth-order valence-corrected chi connectivity index (χ4v) is 3.26. The number of hydrogen-bond acceptors (Lipinski definition) is 3. The van der Waals surface area contributed by atoms with Crippen molar-refractivity contribution < 1.29 is 19.4 Å². The number of carbonyl (C=O) groups excluding carboxylic acids is 1. The standard InChI is InChI=1S/C14H24N2O4/c1-3-10-6-4-5-7-15(10)14(19)16-9-11(20-2)8-12(16)13(17)18/h10-12H,3-9H2,1-2H3,(H,17,18). The van der Waals surface area contributed by atoms with E-state index in [1.165, 1.54) is 4.90 Å². The van der Waals surface area contributed by atoms with Crippen molar-refractivity contribution >= 4 is 12.0 Å². The van der Waals surface area contributed by atoms with Gasteiger partial charge in [-0.2, -0.15) is 0 Å². The maximum absolute atomic E-state index is 12.7. The number of amides is 2. The molecular formula is C14H24N2O4. The molecule has 3 unspecified atom stereocenters. The van der Waals surface area contributed by atoms with Gasteiger partial charge in [-0.25, -0.2) is 9.59 Å². The van der Waals surface area contributed by atoms with E-state index in [1.54, 1.807) is 7.11 Å². The minimum absolute atomic E-state index is 0.136. The van der Waals surface area contributed by atoms with Crippen LogP contribution in [0, 0.1) is 0 Å². The van der Waals surface area contributed by atoms with Crippen LogP contribution >= 0.6 is 0 Å². The summed E-state index contributed by atoms with van der Waals surface area (Å²) >= 11 is 0. The van der Waals surface area contributed by atoms with Crippen LogP contribution in [0.1, 0.15) is 39.0 Å². The van der Waals surface area contributed by atoms with E-state index >= 15 is 0 Å². The van der Waals surface area contributed by atoms with Crippen molar-refractivity contribution in [2.45, 2.75) is 57.2 Å². The van der Waals surface area contributed by atoms with Crippen LogP contribution in [0.2, 0.25) is 0 Å². The van der Waals surface area contributed by atoms with Gasteiger partial charge in [-0.3, -0.25) is 0 Å². The number of carboxylic acids is 1. The summed E-state index contributed by atoms with van der Waals surface area (Å²) < 4.78 is 5.24. The van der Waals surface area contributed by atoms with Gasteiger partial charge in [0.1, 0.15) is 6.04 Å². The van der Waals surface area contributed by atoms with Gasteiger partial charge in [0.05, 0.1) is 6.10 Å². The number of aliphatic carboxylic acids is 1. The van der Waals surface area contributed by atoms with Gasteiger partial charge in [-0.15, -0.1) is 0 Å². The second-order valence-corrected chi connectivity index (χ2v) is 5.63. The first kappa shape index (κ1) is 15.1. The Morgan fingerprint density at radius 2 is 2.05 bits per heavy atom. The molecule has 2 heterocycles. The molecule has 2 fully saturated rings. The number of likely N-dealkylation sites (tertiary alicyclic amines) is 2. The summed E-state index contributed by atoms with van der Waals surface area (Å²) in [6.45, 7) is 3.18. The zero-order valence-corrected chi connectivity index (χ0v) is 12.2. The molecule has 0 saturated carbocycles. The fourth-order valence-electron chi connectivity index (χ4n) is 3.26. The van der Waals surface area contributed by atoms with Gasteiger partial charge in [0.15, 0.2) is 0 Å². The van der Waals surface area contributed by atoms with E-state index in [2.05, 4.69) is 6.92 Å². The number of carboxylic acid groups (broad SMARTS) is 1. The minimum atomic E-state index is -0.942. The molecule has 1 N–H and O–H groups in total. The van der Waals surface area contributed by atoms with Crippen LogP contribution in [0.4, 0.5) is 4.79 Å². The fraction of sp³-hybridized carbons (Fsp3) is 0.857. The molecule has 2 aliphatic rings. The number of methoxy groups -OCH3 is 1. The first-order chi connectivity index (χ1) is 9.58. The third-order valence-electron chi connectivity index (χ3n) is 4.47. The van der Waals surface area contributed by atoms with E-state index in [4.69, 9.17) is 4.74 Å². The van der Waals surface area contributed by atoms with Crippen LogP contribution in [0.15, 0.2) is 0 Å². The van der Waals surface area contributed by atoms with Gasteiger partial charge in [-0.05, 0) is 25.7 Å². The lowest BCUT2D eigenvalue weighted by Crippen LogP contribution is -2.53. The molecule has 0 spiro atoms. The lowest BCUT2D eigenvalue weighted by molar-refractivity contribution is -0.141. The average molecular weight is 284 g/mol. The van der Waals surface area contributed by atoms with Crippen LogP contribution in [0.3, 0.4) is 0 Å². The van der Waals surface area contributed by atoms with Crippen LogP contribution in [0.5, 0.6) is 0 Å². The Bertz CT molecular complexity index is 374. The van der Waals surface area contributed by atoms with Crippen molar-refractivity contribution in [2.24, 2.45) is 0 Å². The summed E-state index contributed by atoms with van der Waals surface area (Å²) in [4.78, 5) is 27.4. The summed E-state index contributed by atoms with van der Waals surface area (Å²) in [6.07, 6.45) is 4.28. The van der Waals surface area contributed by atoms with E-state index in [1.807, 2.05) is 4.90 Å². The second kappa shape index (κ2) is 6.43. The Labute approximate surface area is 119 Å². The number of urea groups is 1. The van der Waals surface area contributed by atoms with Gasteiger partial charge in [0.25, 0.3) is 0 Å². The van der Waals surface area contributed by atoms with Gasteiger partial charge < -0.3 is 19.6 Å². The molecule has 20 heavy (non-hydrogen) atoms. The van der Waals surface area contributed by atoms with E-state index in [-0.39, 0.29) is 18.2 Å². The number of carbonyl (C=O) groups is 2. The number of piperidine rings is 1. The predicted molar refractivity (Wildman–Crippen MR) is 73.6 cm³/mol. The summed E-state index contributed by atoms with van der Waals surface area (Å²) in [5.41, 5.74) is 0. The first-order valence-electron chi connectivity index (χ1n) is 7.41. The predicted octanol–water partition coefficient (Wildman–Crippen LogP) is 1.54. The van der Waals surface area contributed by atoms with E-state index < -0.39 is 12.0 Å². The van der Waals surface area contributed by atoms with Gasteiger partial charge >= 0.3 is 12.0 Å². The molecular weight excluding hydrogens is 260 g/mol. The van der Waals surface area contributed by atoms with E-state index in [0.29, 0.717) is 13.0 Å². The minimum Gasteiger partial charge on any atom is -0.480 e. The van der Waals surface area contributed by atoms with Crippen molar-refractivity contribution in [3.8, 4) is 0 Å². The van der Waals surface area contributed by atoms with E-state index in [0.717, 1.165) is 32.2 Å². The quantitative estimate of drug-likeness (QED) is 0.853. The molecule has 0 bridgehead atoms. The molecule has 6 nitrogen and oxygen atoms in total. The molecule has 0 radical (unpaired) electrons. The topological polar surface area (TPSA) is 70.1 Å². The monoisotopic (exact) mass is 284 g/mol. The molecule has 2 saturated heterocycles. The first-order valence-corrected chi connectivity index (χ1v) is 7.41. The van der Waals surface area contributed by atoms with Gasteiger partial charge in [-0.1, -0.05) is 6.92 Å². The highest BCUT2D eigenvalue weighted by Crippen LogP contribution is 2.26. The maximum Gasteiger partial charge on any atom is 0.326 e. The normalized spacial score (nSPS) is 30.6. The smallest absolute Gasteiger partial charge is 0.326 e. The van der Waals surface area contributed by atoms with Crippen molar-refractivity contribution in [3.05, 3.63) is 0 Å². The molecule has 0 aliphatic carbocycles. The Hall–Kier alpha value is -1.30. The Morgan fingerprint density at radius 1 is 1.30 bits per heavy atom. The summed E-state index contributed by atoms with van der Waals surface area (Å²) in [6, 6.07) is -0.650. The number of rotatable bonds is 3. The lowest BCUT2D eigenvalue weighted by atomic mass is 10.0. The molecule has 3 atom stereocenters. The third-order valence-corrected chi connectivity index (χ3v) is 4.47. The molecule has 0 aromatic rings. The Balaban J connectivity index is 2.11. The van der Waals surface area contributed by atoms with Crippen molar-refractivity contribution in [2.75, 3.05) is 20.2 Å². The maximum atomic E-state index is 12.7.